The van der Waals surface area contributed by atoms with Crippen LogP contribution in [0.3, 0.4) is 0 Å². The molecule has 4 nitrogen and oxygen atoms in total. The molecule has 0 unspecified atom stereocenters. The summed E-state index contributed by atoms with van der Waals surface area (Å²) in [5, 5.41) is 2.00. The van der Waals surface area contributed by atoms with Gasteiger partial charge >= 0.3 is 0 Å². The first-order valence-electron chi connectivity index (χ1n) is 8.32. The van der Waals surface area contributed by atoms with E-state index in [1.165, 1.54) is 12.8 Å². The second-order valence-corrected chi connectivity index (χ2v) is 7.64. The predicted molar refractivity (Wildman–Crippen MR) is 85.3 cm³/mol. The Bertz CT molecular complexity index is 554. The van der Waals surface area contributed by atoms with Gasteiger partial charge in [-0.3, -0.25) is 4.79 Å². The molecule has 0 radical (unpaired) electrons. The van der Waals surface area contributed by atoms with Gasteiger partial charge in [-0.15, -0.1) is 11.3 Å². The van der Waals surface area contributed by atoms with Crippen LogP contribution in [-0.2, 0) is 9.47 Å². The van der Waals surface area contributed by atoms with Crippen LogP contribution < -0.4 is 0 Å². The Hall–Kier alpha value is -0.910. The number of ether oxygens (including phenoxy) is 2. The third-order valence-corrected chi connectivity index (χ3v) is 6.10. The summed E-state index contributed by atoms with van der Waals surface area (Å²) in [6.45, 7) is 4.21. The van der Waals surface area contributed by atoms with E-state index in [1.807, 2.05) is 23.3 Å². The van der Waals surface area contributed by atoms with Crippen molar-refractivity contribution in [3.8, 4) is 0 Å². The van der Waals surface area contributed by atoms with E-state index in [4.69, 9.17) is 9.47 Å². The fourth-order valence-electron chi connectivity index (χ4n) is 3.61. The first-order chi connectivity index (χ1) is 10.7. The number of nitrogens with zero attached hydrogens (tertiary/aromatic N) is 1. The fourth-order valence-corrected chi connectivity index (χ4v) is 4.49. The van der Waals surface area contributed by atoms with E-state index in [9.17, 15) is 4.79 Å². The standard InChI is InChI=1S/C17H23NO3S/c1-11-6-9-22-16(11)17(19)18-7-8-20-15-13(18)4-5-14(15)21-10-12-2-3-12/h6,9,12-15H,2-5,7-8,10H2,1H3/t13-,14+,15+/m0/s1. The average Bonchev–Trinajstić information content (AvgIpc) is 3.11. The van der Waals surface area contributed by atoms with Crippen LogP contribution in [-0.4, -0.2) is 48.8 Å². The minimum Gasteiger partial charge on any atom is -0.375 e. The number of hydrogen-bond acceptors (Lipinski definition) is 4. The molecule has 120 valence electrons. The highest BCUT2D eigenvalue weighted by molar-refractivity contribution is 7.12. The number of aryl methyl sites for hydroxylation is 1. The lowest BCUT2D eigenvalue weighted by molar-refractivity contribution is -0.106. The monoisotopic (exact) mass is 321 g/mol. The Labute approximate surface area is 135 Å². The van der Waals surface area contributed by atoms with E-state index in [0.717, 1.165) is 35.8 Å². The van der Waals surface area contributed by atoms with E-state index >= 15 is 0 Å². The maximum absolute atomic E-state index is 12.8. The molecule has 2 heterocycles. The predicted octanol–water partition coefficient (Wildman–Crippen LogP) is 2.86. The molecule has 5 heteroatoms. The number of carbonyl (C=O) groups excluding carboxylic acids is 1. The molecular formula is C17H23NO3S. The minimum atomic E-state index is 0.0664. The molecule has 0 N–H and O–H groups in total. The molecule has 1 saturated heterocycles. The summed E-state index contributed by atoms with van der Waals surface area (Å²) in [6, 6.07) is 2.21. The molecule has 22 heavy (non-hydrogen) atoms. The first kappa shape index (κ1) is 14.7. The van der Waals surface area contributed by atoms with Crippen LogP contribution in [0.2, 0.25) is 0 Å². The van der Waals surface area contributed by atoms with Crippen LogP contribution in [0.15, 0.2) is 11.4 Å². The van der Waals surface area contributed by atoms with Gasteiger partial charge < -0.3 is 14.4 Å². The van der Waals surface area contributed by atoms with Crippen molar-refractivity contribution in [1.29, 1.82) is 0 Å². The molecular weight excluding hydrogens is 298 g/mol. The maximum Gasteiger partial charge on any atom is 0.264 e. The topological polar surface area (TPSA) is 38.8 Å². The molecule has 1 aliphatic heterocycles. The van der Waals surface area contributed by atoms with Crippen molar-refractivity contribution in [1.82, 2.24) is 4.90 Å². The Balaban J connectivity index is 1.45. The van der Waals surface area contributed by atoms with Gasteiger partial charge in [-0.25, -0.2) is 0 Å². The van der Waals surface area contributed by atoms with Gasteiger partial charge in [0.15, 0.2) is 0 Å². The number of amides is 1. The van der Waals surface area contributed by atoms with Gasteiger partial charge in [0, 0.05) is 13.2 Å². The number of rotatable bonds is 4. The second-order valence-electron chi connectivity index (χ2n) is 6.73. The largest absolute Gasteiger partial charge is 0.375 e. The molecule has 0 aromatic carbocycles. The van der Waals surface area contributed by atoms with E-state index in [1.54, 1.807) is 11.3 Å². The summed E-state index contributed by atoms with van der Waals surface area (Å²) >= 11 is 1.55. The normalized spacial score (nSPS) is 31.3. The summed E-state index contributed by atoms with van der Waals surface area (Å²) in [4.78, 5) is 15.8. The van der Waals surface area contributed by atoms with Crippen LogP contribution >= 0.6 is 11.3 Å². The van der Waals surface area contributed by atoms with E-state index in [2.05, 4.69) is 0 Å². The van der Waals surface area contributed by atoms with Gasteiger partial charge in [0.25, 0.3) is 5.91 Å². The molecule has 4 rings (SSSR count). The van der Waals surface area contributed by atoms with Crippen LogP contribution in [0, 0.1) is 12.8 Å². The van der Waals surface area contributed by atoms with Gasteiger partial charge in [-0.05, 0) is 55.5 Å². The summed E-state index contributed by atoms with van der Waals surface area (Å²) in [5.41, 5.74) is 1.08. The maximum atomic E-state index is 12.8. The molecule has 1 aromatic rings. The average molecular weight is 321 g/mol. The van der Waals surface area contributed by atoms with Gasteiger partial charge in [-0.2, -0.15) is 0 Å². The molecule has 0 spiro atoms. The van der Waals surface area contributed by atoms with Gasteiger partial charge in [0.1, 0.15) is 6.10 Å². The zero-order valence-corrected chi connectivity index (χ0v) is 13.8. The summed E-state index contributed by atoms with van der Waals surface area (Å²) in [7, 11) is 0. The molecule has 1 aromatic heterocycles. The molecule has 3 atom stereocenters. The van der Waals surface area contributed by atoms with Crippen molar-refractivity contribution in [3.05, 3.63) is 21.9 Å². The number of morpholine rings is 1. The smallest absolute Gasteiger partial charge is 0.264 e. The van der Waals surface area contributed by atoms with Gasteiger partial charge in [0.2, 0.25) is 0 Å². The number of fused-ring (bicyclic) bond motifs is 1. The number of hydrogen-bond donors (Lipinski definition) is 0. The number of thiophene rings is 1. The lowest BCUT2D eigenvalue weighted by Gasteiger charge is -2.39. The first-order valence-corrected chi connectivity index (χ1v) is 9.20. The van der Waals surface area contributed by atoms with Crippen molar-refractivity contribution in [3.63, 3.8) is 0 Å². The van der Waals surface area contributed by atoms with Gasteiger partial charge in [0.05, 0.1) is 23.6 Å². The van der Waals surface area contributed by atoms with Crippen molar-refractivity contribution in [2.24, 2.45) is 5.92 Å². The SMILES string of the molecule is Cc1ccsc1C(=O)N1CCO[C@H]2[C@H](OCC3CC3)CC[C@@H]21. The Morgan fingerprint density at radius 2 is 2.27 bits per heavy atom. The Morgan fingerprint density at radius 1 is 1.41 bits per heavy atom. The van der Waals surface area contributed by atoms with Crippen molar-refractivity contribution in [2.45, 2.75) is 50.9 Å². The van der Waals surface area contributed by atoms with E-state index < -0.39 is 0 Å². The molecule has 0 bridgehead atoms. The van der Waals surface area contributed by atoms with Crippen molar-refractivity contribution >= 4 is 17.2 Å². The molecule has 3 aliphatic rings. The van der Waals surface area contributed by atoms with Gasteiger partial charge in [-0.1, -0.05) is 0 Å². The molecule has 2 aliphatic carbocycles. The van der Waals surface area contributed by atoms with Crippen molar-refractivity contribution in [2.75, 3.05) is 19.8 Å². The Kier molecular flexibility index (Phi) is 3.96. The van der Waals surface area contributed by atoms with Crippen LogP contribution in [0.1, 0.15) is 40.9 Å². The Morgan fingerprint density at radius 3 is 3.00 bits per heavy atom. The third kappa shape index (κ3) is 2.70. The lowest BCUT2D eigenvalue weighted by Crippen LogP contribution is -2.53. The highest BCUT2D eigenvalue weighted by Gasteiger charge is 2.45. The van der Waals surface area contributed by atoms with E-state index in [0.29, 0.717) is 13.2 Å². The van der Waals surface area contributed by atoms with Crippen LogP contribution in [0.5, 0.6) is 0 Å². The minimum absolute atomic E-state index is 0.0664. The molecule has 3 fully saturated rings. The van der Waals surface area contributed by atoms with Crippen molar-refractivity contribution < 1.29 is 14.3 Å². The zero-order chi connectivity index (χ0) is 15.1. The van der Waals surface area contributed by atoms with Crippen LogP contribution in [0.4, 0.5) is 0 Å². The fraction of sp³-hybridized carbons (Fsp3) is 0.706. The highest BCUT2D eigenvalue weighted by Crippen LogP contribution is 2.36. The molecule has 2 saturated carbocycles. The quantitative estimate of drug-likeness (QED) is 0.856. The summed E-state index contributed by atoms with van der Waals surface area (Å²) in [6.07, 6.45) is 4.86. The van der Waals surface area contributed by atoms with Crippen LogP contribution in [0.25, 0.3) is 0 Å². The third-order valence-electron chi connectivity index (χ3n) is 5.10. The zero-order valence-electron chi connectivity index (χ0n) is 13.0. The number of carbonyl (C=O) groups is 1. The molecule has 1 amide bonds. The summed E-state index contributed by atoms with van der Waals surface area (Å²) < 4.78 is 12.1. The summed E-state index contributed by atoms with van der Waals surface area (Å²) in [5.74, 6) is 0.947. The van der Waals surface area contributed by atoms with E-state index in [-0.39, 0.29) is 24.2 Å². The highest BCUT2D eigenvalue weighted by atomic mass is 32.1. The second kappa shape index (κ2) is 5.95. The lowest BCUT2D eigenvalue weighted by atomic mass is 10.1.